The predicted octanol–water partition coefficient (Wildman–Crippen LogP) is 2.87. The number of rotatable bonds is 1. The number of nitrogens with zero attached hydrogens (tertiary/aromatic N) is 1. The minimum atomic E-state index is 0.187. The van der Waals surface area contributed by atoms with E-state index in [1.54, 1.807) is 0 Å². The van der Waals surface area contributed by atoms with Gasteiger partial charge in [-0.05, 0) is 37.8 Å². The number of carbonyl (C=O) groups is 1. The smallest absolute Gasteiger partial charge is 0.253 e. The van der Waals surface area contributed by atoms with Gasteiger partial charge in [0.2, 0.25) is 0 Å². The lowest BCUT2D eigenvalue weighted by Crippen LogP contribution is -2.39. The fraction of sp³-hybridized carbons (Fsp3) is 0.500. The van der Waals surface area contributed by atoms with Crippen molar-refractivity contribution >= 4 is 5.91 Å². The van der Waals surface area contributed by atoms with Gasteiger partial charge in [-0.15, -0.1) is 0 Å². The zero-order chi connectivity index (χ0) is 11.5. The molecule has 86 valence electrons. The molecule has 1 aliphatic heterocycles. The standard InChI is InChI=1S/C14H19NO/c1-11-5-7-13(8-6-11)14(16)15-9-3-4-12(2)10-15/h5-8,12H,3-4,9-10H2,1-2H3/t12-/m0/s1. The van der Waals surface area contributed by atoms with Crippen LogP contribution in [0.4, 0.5) is 0 Å². The predicted molar refractivity (Wildman–Crippen MR) is 65.5 cm³/mol. The normalized spacial score (nSPS) is 20.9. The first-order chi connectivity index (χ1) is 7.66. The van der Waals surface area contributed by atoms with E-state index in [1.807, 2.05) is 36.1 Å². The third-order valence-corrected chi connectivity index (χ3v) is 3.24. The lowest BCUT2D eigenvalue weighted by atomic mass is 9.99. The van der Waals surface area contributed by atoms with Gasteiger partial charge in [0.05, 0.1) is 0 Å². The van der Waals surface area contributed by atoms with Crippen LogP contribution in [0.5, 0.6) is 0 Å². The molecule has 0 saturated carbocycles. The second-order valence-corrected chi connectivity index (χ2v) is 4.86. The summed E-state index contributed by atoms with van der Waals surface area (Å²) in [4.78, 5) is 14.2. The summed E-state index contributed by atoms with van der Waals surface area (Å²) in [6.45, 7) is 6.08. The van der Waals surface area contributed by atoms with E-state index in [9.17, 15) is 4.79 Å². The molecule has 1 aliphatic rings. The van der Waals surface area contributed by atoms with E-state index in [2.05, 4.69) is 6.92 Å². The topological polar surface area (TPSA) is 20.3 Å². The molecule has 0 aliphatic carbocycles. The van der Waals surface area contributed by atoms with Crippen LogP contribution < -0.4 is 0 Å². The Balaban J connectivity index is 2.09. The van der Waals surface area contributed by atoms with Crippen LogP contribution in [0.15, 0.2) is 24.3 Å². The highest BCUT2D eigenvalue weighted by molar-refractivity contribution is 5.94. The van der Waals surface area contributed by atoms with Gasteiger partial charge in [-0.25, -0.2) is 0 Å². The molecule has 1 amide bonds. The maximum atomic E-state index is 12.2. The van der Waals surface area contributed by atoms with Gasteiger partial charge in [-0.3, -0.25) is 4.79 Å². The van der Waals surface area contributed by atoms with Crippen LogP contribution in [0.3, 0.4) is 0 Å². The Hall–Kier alpha value is -1.31. The summed E-state index contributed by atoms with van der Waals surface area (Å²) in [6, 6.07) is 7.86. The molecule has 0 spiro atoms. The summed E-state index contributed by atoms with van der Waals surface area (Å²) >= 11 is 0. The lowest BCUT2D eigenvalue weighted by Gasteiger charge is -2.31. The Bertz CT molecular complexity index is 369. The van der Waals surface area contributed by atoms with E-state index >= 15 is 0 Å². The number of likely N-dealkylation sites (tertiary alicyclic amines) is 1. The van der Waals surface area contributed by atoms with Crippen LogP contribution in [0.2, 0.25) is 0 Å². The summed E-state index contributed by atoms with van der Waals surface area (Å²) in [7, 11) is 0. The molecule has 2 rings (SSSR count). The highest BCUT2D eigenvalue weighted by atomic mass is 16.2. The van der Waals surface area contributed by atoms with Crippen LogP contribution in [0, 0.1) is 12.8 Å². The van der Waals surface area contributed by atoms with Gasteiger partial charge in [-0.2, -0.15) is 0 Å². The first kappa shape index (κ1) is 11.2. The highest BCUT2D eigenvalue weighted by Gasteiger charge is 2.21. The number of piperidine rings is 1. The van der Waals surface area contributed by atoms with E-state index in [0.717, 1.165) is 25.1 Å². The maximum absolute atomic E-state index is 12.2. The van der Waals surface area contributed by atoms with Gasteiger partial charge in [-0.1, -0.05) is 24.6 Å². The molecule has 2 heteroatoms. The average molecular weight is 217 g/mol. The Morgan fingerprint density at radius 2 is 2.00 bits per heavy atom. The van der Waals surface area contributed by atoms with Gasteiger partial charge in [0, 0.05) is 18.7 Å². The number of amides is 1. The maximum Gasteiger partial charge on any atom is 0.253 e. The molecular formula is C14H19NO. The fourth-order valence-corrected chi connectivity index (χ4v) is 2.25. The minimum Gasteiger partial charge on any atom is -0.338 e. The summed E-state index contributed by atoms with van der Waals surface area (Å²) in [5, 5.41) is 0. The number of benzene rings is 1. The molecule has 0 N–H and O–H groups in total. The zero-order valence-corrected chi connectivity index (χ0v) is 10.1. The largest absolute Gasteiger partial charge is 0.338 e. The molecule has 0 radical (unpaired) electrons. The number of carbonyl (C=O) groups excluding carboxylic acids is 1. The van der Waals surface area contributed by atoms with Crippen molar-refractivity contribution in [2.24, 2.45) is 5.92 Å². The molecule has 2 nitrogen and oxygen atoms in total. The molecule has 16 heavy (non-hydrogen) atoms. The average Bonchev–Trinajstić information content (AvgIpc) is 2.29. The first-order valence-electron chi connectivity index (χ1n) is 6.03. The molecule has 1 atom stereocenters. The highest BCUT2D eigenvalue weighted by Crippen LogP contribution is 2.18. The van der Waals surface area contributed by atoms with Crippen molar-refractivity contribution in [3.63, 3.8) is 0 Å². The lowest BCUT2D eigenvalue weighted by molar-refractivity contribution is 0.0683. The molecule has 0 unspecified atom stereocenters. The van der Waals surface area contributed by atoms with Crippen molar-refractivity contribution in [3.05, 3.63) is 35.4 Å². The Morgan fingerprint density at radius 3 is 2.62 bits per heavy atom. The Kier molecular flexibility index (Phi) is 3.28. The van der Waals surface area contributed by atoms with Crippen LogP contribution in [-0.4, -0.2) is 23.9 Å². The number of hydrogen-bond donors (Lipinski definition) is 0. The molecule has 1 heterocycles. The summed E-state index contributed by atoms with van der Waals surface area (Å²) in [5.41, 5.74) is 2.02. The van der Waals surface area contributed by atoms with E-state index < -0.39 is 0 Å². The van der Waals surface area contributed by atoms with Crippen molar-refractivity contribution in [2.45, 2.75) is 26.7 Å². The van der Waals surface area contributed by atoms with Gasteiger partial charge >= 0.3 is 0 Å². The quantitative estimate of drug-likeness (QED) is 0.708. The molecule has 1 saturated heterocycles. The van der Waals surface area contributed by atoms with E-state index in [1.165, 1.54) is 12.0 Å². The van der Waals surface area contributed by atoms with Crippen molar-refractivity contribution in [1.29, 1.82) is 0 Å². The van der Waals surface area contributed by atoms with Crippen molar-refractivity contribution in [1.82, 2.24) is 4.90 Å². The summed E-state index contributed by atoms with van der Waals surface area (Å²) in [6.07, 6.45) is 2.39. The van der Waals surface area contributed by atoms with E-state index in [4.69, 9.17) is 0 Å². The van der Waals surface area contributed by atoms with E-state index in [-0.39, 0.29) is 5.91 Å². The van der Waals surface area contributed by atoms with Gasteiger partial charge in [0.15, 0.2) is 0 Å². The van der Waals surface area contributed by atoms with E-state index in [0.29, 0.717) is 5.92 Å². The molecule has 0 bridgehead atoms. The fourth-order valence-electron chi connectivity index (χ4n) is 2.25. The Labute approximate surface area is 97.3 Å². The van der Waals surface area contributed by atoms with Crippen molar-refractivity contribution < 1.29 is 4.79 Å². The molecular weight excluding hydrogens is 198 g/mol. The monoisotopic (exact) mass is 217 g/mol. The third-order valence-electron chi connectivity index (χ3n) is 3.24. The molecule has 1 aromatic rings. The van der Waals surface area contributed by atoms with Crippen LogP contribution in [0.1, 0.15) is 35.7 Å². The molecule has 0 aromatic heterocycles. The Morgan fingerprint density at radius 1 is 1.31 bits per heavy atom. The van der Waals surface area contributed by atoms with Crippen LogP contribution >= 0.6 is 0 Å². The van der Waals surface area contributed by atoms with Gasteiger partial charge in [0.1, 0.15) is 0 Å². The SMILES string of the molecule is Cc1ccc(C(=O)N2CCC[C@H](C)C2)cc1. The molecule has 1 aromatic carbocycles. The zero-order valence-electron chi connectivity index (χ0n) is 10.1. The van der Waals surface area contributed by atoms with Crippen molar-refractivity contribution in [2.75, 3.05) is 13.1 Å². The van der Waals surface area contributed by atoms with Crippen LogP contribution in [-0.2, 0) is 0 Å². The summed E-state index contributed by atoms with van der Waals surface area (Å²) in [5.74, 6) is 0.828. The minimum absolute atomic E-state index is 0.187. The first-order valence-corrected chi connectivity index (χ1v) is 6.03. The third kappa shape index (κ3) is 2.43. The number of aryl methyl sites for hydroxylation is 1. The van der Waals surface area contributed by atoms with Crippen LogP contribution in [0.25, 0.3) is 0 Å². The molecule has 1 fully saturated rings. The van der Waals surface area contributed by atoms with Crippen molar-refractivity contribution in [3.8, 4) is 0 Å². The van der Waals surface area contributed by atoms with Gasteiger partial charge in [0.25, 0.3) is 5.91 Å². The number of hydrogen-bond acceptors (Lipinski definition) is 1. The second kappa shape index (κ2) is 4.69. The summed E-state index contributed by atoms with van der Waals surface area (Å²) < 4.78 is 0. The second-order valence-electron chi connectivity index (χ2n) is 4.86. The van der Waals surface area contributed by atoms with Gasteiger partial charge < -0.3 is 4.90 Å².